The van der Waals surface area contributed by atoms with Gasteiger partial charge in [-0.2, -0.15) is 0 Å². The lowest BCUT2D eigenvalue weighted by molar-refractivity contribution is 0.332. The highest BCUT2D eigenvalue weighted by atomic mass is 16.3. The summed E-state index contributed by atoms with van der Waals surface area (Å²) in [4.78, 5) is 2.61. The van der Waals surface area contributed by atoms with E-state index in [0.29, 0.717) is 0 Å². The van der Waals surface area contributed by atoms with E-state index in [9.17, 15) is 0 Å². The van der Waals surface area contributed by atoms with Gasteiger partial charge in [0, 0.05) is 49.7 Å². The molecule has 10 aromatic rings. The van der Waals surface area contributed by atoms with Crippen LogP contribution in [0.25, 0.3) is 76.8 Å². The van der Waals surface area contributed by atoms with Gasteiger partial charge in [0.25, 0.3) is 0 Å². The Morgan fingerprint density at radius 2 is 1.25 bits per heavy atom. The molecule has 0 saturated carbocycles. The molecule has 0 atom stereocenters. The van der Waals surface area contributed by atoms with Crippen LogP contribution >= 0.6 is 0 Å². The van der Waals surface area contributed by atoms with E-state index in [-0.39, 0.29) is 17.7 Å². The summed E-state index contributed by atoms with van der Waals surface area (Å²) in [7, 11) is 0. The number of hydrogen-bond acceptors (Lipinski definition) is 3. The predicted octanol–water partition coefficient (Wildman–Crippen LogP) is 12.7. The Morgan fingerprint density at radius 1 is 0.571 bits per heavy atom. The molecule has 4 nitrogen and oxygen atoms in total. The summed E-state index contributed by atoms with van der Waals surface area (Å²) in [6, 6.07) is 45.1. The summed E-state index contributed by atoms with van der Waals surface area (Å²) in [5.41, 5.74) is 18.0. The van der Waals surface area contributed by atoms with Crippen LogP contribution in [0.3, 0.4) is 0 Å². The molecule has 56 heavy (non-hydrogen) atoms. The second-order valence-corrected chi connectivity index (χ2v) is 18.0. The lowest BCUT2D eigenvalue weighted by atomic mass is 9.45. The molecule has 0 N–H and O–H groups in total. The van der Waals surface area contributed by atoms with Gasteiger partial charge in [0.1, 0.15) is 16.7 Å². The second-order valence-electron chi connectivity index (χ2n) is 18.0. The van der Waals surface area contributed by atoms with Crippen molar-refractivity contribution in [2.75, 3.05) is 4.90 Å². The van der Waals surface area contributed by atoms with E-state index in [1.54, 1.807) is 0 Å². The van der Waals surface area contributed by atoms with Gasteiger partial charge in [0.2, 0.25) is 0 Å². The van der Waals surface area contributed by atoms with E-state index >= 15 is 0 Å². The van der Waals surface area contributed by atoms with E-state index in [1.165, 1.54) is 89.3 Å². The lowest BCUT2D eigenvalue weighted by Crippen LogP contribution is -2.56. The SMILES string of the molecule is Cc1cc2c(cc1N1c3cc4c(cc3B3c5c1cc1ccccc1c5-c1cccc5c6c7ccccc7oc6n3c15)oc1ccccc14)C(C)(C)CCC2(C)C. The highest BCUT2D eigenvalue weighted by Gasteiger charge is 2.46. The second kappa shape index (κ2) is 10.2. The zero-order valence-electron chi connectivity index (χ0n) is 32.2. The van der Waals surface area contributed by atoms with Gasteiger partial charge in [0.05, 0.1) is 5.39 Å². The van der Waals surface area contributed by atoms with E-state index in [4.69, 9.17) is 8.83 Å². The van der Waals surface area contributed by atoms with Crippen LogP contribution in [-0.2, 0) is 10.8 Å². The molecule has 0 radical (unpaired) electrons. The number of benzene rings is 7. The third-order valence-corrected chi connectivity index (χ3v) is 13.9. The molecule has 2 aliphatic heterocycles. The van der Waals surface area contributed by atoms with Gasteiger partial charge < -0.3 is 18.2 Å². The van der Waals surface area contributed by atoms with Crippen molar-refractivity contribution in [3.63, 3.8) is 0 Å². The predicted molar refractivity (Wildman–Crippen MR) is 235 cm³/mol. The zero-order valence-corrected chi connectivity index (χ0v) is 32.2. The minimum absolute atomic E-state index is 0.0601. The van der Waals surface area contributed by atoms with Crippen LogP contribution in [0.1, 0.15) is 57.2 Å². The number of aromatic nitrogens is 1. The molecule has 7 aromatic carbocycles. The van der Waals surface area contributed by atoms with Crippen LogP contribution in [0, 0.1) is 6.92 Å². The Balaban J connectivity index is 1.24. The van der Waals surface area contributed by atoms with Crippen molar-refractivity contribution in [2.45, 2.75) is 58.3 Å². The van der Waals surface area contributed by atoms with Gasteiger partial charge in [-0.3, -0.25) is 0 Å². The van der Waals surface area contributed by atoms with Gasteiger partial charge in [-0.25, -0.2) is 0 Å². The van der Waals surface area contributed by atoms with Crippen LogP contribution in [0.2, 0.25) is 0 Å². The van der Waals surface area contributed by atoms with Crippen molar-refractivity contribution < 1.29 is 8.83 Å². The van der Waals surface area contributed by atoms with Gasteiger partial charge in [0.15, 0.2) is 5.71 Å². The molecular weight excluding hydrogens is 683 g/mol. The van der Waals surface area contributed by atoms with Crippen LogP contribution in [0.15, 0.2) is 130 Å². The Morgan fingerprint density at radius 3 is 2.05 bits per heavy atom. The van der Waals surface area contributed by atoms with E-state index in [2.05, 4.69) is 165 Å². The molecule has 0 spiro atoms. The van der Waals surface area contributed by atoms with Crippen molar-refractivity contribution >= 4 is 101 Å². The number of hydrogen-bond donors (Lipinski definition) is 0. The number of nitrogens with zero attached hydrogens (tertiary/aromatic N) is 2. The van der Waals surface area contributed by atoms with E-state index < -0.39 is 0 Å². The maximum absolute atomic E-state index is 6.96. The summed E-state index contributed by atoms with van der Waals surface area (Å²) < 4.78 is 16.2. The van der Waals surface area contributed by atoms with Crippen molar-refractivity contribution in [2.24, 2.45) is 0 Å². The maximum Gasteiger partial charge on any atom is 0.336 e. The Hall–Kier alpha value is -6.20. The number of anilines is 3. The molecule has 5 heteroatoms. The number of para-hydroxylation sites is 3. The first-order chi connectivity index (χ1) is 27.2. The molecular formula is C51H39BN2O2. The largest absolute Gasteiger partial charge is 0.456 e. The molecule has 0 fully saturated rings. The fraction of sp³-hybridized carbons (Fsp3) is 0.176. The van der Waals surface area contributed by atoms with Crippen LogP contribution in [-0.4, -0.2) is 11.3 Å². The first-order valence-corrected chi connectivity index (χ1v) is 20.1. The molecule has 0 bridgehead atoms. The van der Waals surface area contributed by atoms with Gasteiger partial charge in [-0.15, -0.1) is 0 Å². The summed E-state index contributed by atoms with van der Waals surface area (Å²) in [5.74, 6) is 0. The average molecular weight is 723 g/mol. The first-order valence-electron chi connectivity index (χ1n) is 20.1. The zero-order chi connectivity index (χ0) is 37.4. The summed E-state index contributed by atoms with van der Waals surface area (Å²) in [5, 5.41) is 8.35. The molecule has 13 rings (SSSR count). The van der Waals surface area contributed by atoms with Gasteiger partial charge in [-0.05, 0) is 111 Å². The molecule has 1 aliphatic carbocycles. The Labute approximate surface area is 325 Å². The molecule has 0 saturated heterocycles. The summed E-state index contributed by atoms with van der Waals surface area (Å²) in [6.07, 6.45) is 2.35. The maximum atomic E-state index is 6.96. The lowest BCUT2D eigenvalue weighted by Gasteiger charge is -2.44. The summed E-state index contributed by atoms with van der Waals surface area (Å²) >= 11 is 0. The standard InChI is InChI=1S/C51H39BN2O2/c1-28-23-36-37(51(4,5)22-21-50(36,2)3)26-39(28)53-40-25-35-31-15-8-10-19-42(31)55-44(35)27-38(40)52-47-41(53)24-29-13-6-7-14-30(29)45(47)33-17-12-18-34-46-32-16-9-11-20-43(32)56-49(46)54(52)48(33)34/h6-20,23-27H,21-22H2,1-5H3. The van der Waals surface area contributed by atoms with Crippen LogP contribution < -0.4 is 15.8 Å². The van der Waals surface area contributed by atoms with Gasteiger partial charge >= 0.3 is 6.85 Å². The van der Waals surface area contributed by atoms with E-state index in [0.717, 1.165) is 45.0 Å². The van der Waals surface area contributed by atoms with Crippen molar-refractivity contribution in [1.82, 2.24) is 4.48 Å². The quantitative estimate of drug-likeness (QED) is 0.158. The molecule has 0 amide bonds. The number of rotatable bonds is 1. The molecule has 3 aliphatic rings. The smallest absolute Gasteiger partial charge is 0.336 e. The van der Waals surface area contributed by atoms with Gasteiger partial charge in [-0.1, -0.05) is 113 Å². The van der Waals surface area contributed by atoms with E-state index in [1.807, 2.05) is 0 Å². The van der Waals surface area contributed by atoms with Crippen molar-refractivity contribution in [3.8, 4) is 11.1 Å². The Kier molecular flexibility index (Phi) is 5.63. The minimum Gasteiger partial charge on any atom is -0.456 e. The fourth-order valence-corrected chi connectivity index (χ4v) is 11.1. The number of aryl methyl sites for hydroxylation is 1. The molecule has 268 valence electrons. The van der Waals surface area contributed by atoms with Crippen LogP contribution in [0.5, 0.6) is 0 Å². The number of fused-ring (bicyclic) bond motifs is 15. The normalized spacial score (nSPS) is 16.4. The van der Waals surface area contributed by atoms with Crippen molar-refractivity contribution in [1.29, 1.82) is 0 Å². The molecule has 3 aromatic heterocycles. The first kappa shape index (κ1) is 31.1. The molecule has 0 unspecified atom stereocenters. The fourth-order valence-electron chi connectivity index (χ4n) is 11.1. The highest BCUT2D eigenvalue weighted by molar-refractivity contribution is 6.90. The average Bonchev–Trinajstić information content (AvgIpc) is 3.86. The topological polar surface area (TPSA) is 34.5 Å². The molecule has 5 heterocycles. The Bertz CT molecular complexity index is 3410. The minimum atomic E-state index is -0.155. The van der Waals surface area contributed by atoms with Crippen LogP contribution in [0.4, 0.5) is 17.1 Å². The third-order valence-electron chi connectivity index (χ3n) is 13.9. The highest BCUT2D eigenvalue weighted by Crippen LogP contribution is 2.53. The van der Waals surface area contributed by atoms with Crippen molar-refractivity contribution in [3.05, 3.63) is 138 Å². The summed E-state index contributed by atoms with van der Waals surface area (Å²) in [6.45, 7) is 11.9. The monoisotopic (exact) mass is 722 g/mol. The number of furan rings is 2. The third kappa shape index (κ3) is 3.72.